The van der Waals surface area contributed by atoms with Crippen LogP contribution in [-0.2, 0) is 6.54 Å². The van der Waals surface area contributed by atoms with Crippen molar-refractivity contribution in [1.29, 1.82) is 0 Å². The molecule has 23 heteroatoms. The lowest BCUT2D eigenvalue weighted by Crippen LogP contribution is -2.81. The summed E-state index contributed by atoms with van der Waals surface area (Å²) in [6, 6.07) is 18.5. The smallest absolute Gasteiger partial charge is 0.200 e. The number of aromatic nitrogens is 1. The van der Waals surface area contributed by atoms with Gasteiger partial charge in [-0.2, -0.15) is 0 Å². The van der Waals surface area contributed by atoms with Crippen LogP contribution in [0.1, 0.15) is 5.56 Å². The number of rotatable bonds is 6. The maximum Gasteiger partial charge on any atom is 0.200 e. The van der Waals surface area contributed by atoms with Crippen LogP contribution in [0.3, 0.4) is 0 Å². The summed E-state index contributed by atoms with van der Waals surface area (Å²) in [4.78, 5) is 0. The molecule has 7 aromatic rings. The molecule has 0 aliphatic rings. The van der Waals surface area contributed by atoms with Gasteiger partial charge in [-0.3, -0.25) is 0 Å². The van der Waals surface area contributed by atoms with Gasteiger partial charge >= 0.3 is 0 Å². The van der Waals surface area contributed by atoms with Crippen molar-refractivity contribution in [3.05, 3.63) is 194 Å². The van der Waals surface area contributed by atoms with Crippen molar-refractivity contribution in [3.63, 3.8) is 0 Å². The standard InChI is InChI=1S/C24BF20.C16H13ClN/c26-5-1(6(27)14(35)21(42)13(5)34)25(2-7(28)15(36)22(43)16(37)8(2)29,3-9(30)17(38)23(44)18(39)10(3)31)4-11(32)19(40)24(45)20(41)12(4)33;17-16-7-5-13(6-8-16)11-18-10-9-14-3-1-2-4-15(14)12-18/h;1-10,12H,11H2/q-1;+1. The Bertz CT molecular complexity index is 2620. The van der Waals surface area contributed by atoms with Crippen LogP contribution < -0.4 is 26.4 Å². The highest BCUT2D eigenvalue weighted by molar-refractivity contribution is 7.20. The molecule has 0 radical (unpaired) electrons. The quantitative estimate of drug-likeness (QED) is 0.0515. The van der Waals surface area contributed by atoms with Crippen molar-refractivity contribution in [2.75, 3.05) is 0 Å². The Labute approximate surface area is 342 Å². The number of hydrogen-bond acceptors (Lipinski definition) is 0. The van der Waals surface area contributed by atoms with E-state index in [2.05, 4.69) is 59.4 Å². The minimum Gasteiger partial charge on any atom is -0.207 e. The molecule has 328 valence electrons. The molecule has 0 spiro atoms. The molecule has 1 nitrogen and oxygen atoms in total. The van der Waals surface area contributed by atoms with Crippen molar-refractivity contribution in [1.82, 2.24) is 0 Å². The van der Waals surface area contributed by atoms with Crippen LogP contribution >= 0.6 is 11.6 Å². The van der Waals surface area contributed by atoms with E-state index in [4.69, 9.17) is 11.6 Å². The highest BCUT2D eigenvalue weighted by atomic mass is 35.5. The summed E-state index contributed by atoms with van der Waals surface area (Å²) >= 11 is 5.89. The summed E-state index contributed by atoms with van der Waals surface area (Å²) in [5.41, 5.74) is -13.1. The van der Waals surface area contributed by atoms with Gasteiger partial charge in [-0.1, -0.05) is 41.9 Å². The van der Waals surface area contributed by atoms with Crippen molar-refractivity contribution < 1.29 is 92.4 Å². The summed E-state index contributed by atoms with van der Waals surface area (Å²) in [6.45, 7) is 0.863. The maximum atomic E-state index is 15.4. The number of hydrogen-bond donors (Lipinski definition) is 0. The Balaban J connectivity index is 0.000000302. The van der Waals surface area contributed by atoms with E-state index in [0.29, 0.717) is 0 Å². The highest BCUT2D eigenvalue weighted by Gasteiger charge is 2.52. The summed E-state index contributed by atoms with van der Waals surface area (Å²) < 4.78 is 296. The Morgan fingerprint density at radius 3 is 0.905 bits per heavy atom. The van der Waals surface area contributed by atoms with Gasteiger partial charge in [-0.15, -0.1) is 21.9 Å². The Morgan fingerprint density at radius 2 is 0.603 bits per heavy atom. The Kier molecular flexibility index (Phi) is 12.5. The second-order valence-electron chi connectivity index (χ2n) is 13.2. The second kappa shape index (κ2) is 17.1. The number of nitrogens with zero attached hydrogens (tertiary/aromatic N) is 1. The van der Waals surface area contributed by atoms with E-state index >= 15 is 35.1 Å². The summed E-state index contributed by atoms with van der Waals surface area (Å²) in [5, 5.41) is 3.31. The van der Waals surface area contributed by atoms with Gasteiger partial charge in [0, 0.05) is 22.0 Å². The normalized spacial score (nSPS) is 11.6. The molecular weight excluding hydrogens is 921 g/mol. The van der Waals surface area contributed by atoms with Crippen molar-refractivity contribution >= 4 is 50.4 Å². The number of fused-ring (bicyclic) bond motifs is 1. The molecule has 0 bridgehead atoms. The summed E-state index contributed by atoms with van der Waals surface area (Å²) in [5.74, 6) is -71.4. The molecule has 0 N–H and O–H groups in total. The van der Waals surface area contributed by atoms with Crippen LogP contribution in [0, 0.1) is 116 Å². The van der Waals surface area contributed by atoms with Crippen LogP contribution in [0.4, 0.5) is 87.8 Å². The third-order valence-electron chi connectivity index (χ3n) is 9.73. The second-order valence-corrected chi connectivity index (χ2v) is 13.6. The van der Waals surface area contributed by atoms with Crippen LogP contribution in [0.25, 0.3) is 10.8 Å². The van der Waals surface area contributed by atoms with Gasteiger partial charge in [0.05, 0.1) is 0 Å². The van der Waals surface area contributed by atoms with Gasteiger partial charge < -0.3 is 0 Å². The fourth-order valence-corrected chi connectivity index (χ4v) is 7.08. The van der Waals surface area contributed by atoms with Crippen LogP contribution in [0.15, 0.2) is 67.0 Å². The number of benzene rings is 6. The molecular formula is C40H13BClF20N. The molecule has 1 heterocycles. The van der Waals surface area contributed by atoms with Gasteiger partial charge in [-0.25, -0.2) is 92.4 Å². The van der Waals surface area contributed by atoms with E-state index in [-0.39, 0.29) is 0 Å². The Hall–Kier alpha value is -6.32. The topological polar surface area (TPSA) is 3.88 Å². The van der Waals surface area contributed by atoms with Crippen molar-refractivity contribution in [3.8, 4) is 0 Å². The maximum absolute atomic E-state index is 15.4. The molecule has 0 saturated heterocycles. The van der Waals surface area contributed by atoms with Crippen LogP contribution in [0.5, 0.6) is 0 Å². The number of pyridine rings is 1. The first-order valence-corrected chi connectivity index (χ1v) is 17.2. The highest BCUT2D eigenvalue weighted by Crippen LogP contribution is 2.31. The third-order valence-corrected chi connectivity index (χ3v) is 9.98. The summed E-state index contributed by atoms with van der Waals surface area (Å²) in [7, 11) is 0. The molecule has 0 atom stereocenters. The fraction of sp³-hybridized carbons (Fsp3) is 0.0250. The zero-order valence-electron chi connectivity index (χ0n) is 30.0. The predicted molar refractivity (Wildman–Crippen MR) is 184 cm³/mol. The van der Waals surface area contributed by atoms with Gasteiger partial charge in [0.15, 0.2) is 88.7 Å². The third kappa shape index (κ3) is 7.36. The molecule has 7 rings (SSSR count). The lowest BCUT2D eigenvalue weighted by Gasteiger charge is -2.44. The van der Waals surface area contributed by atoms with Gasteiger partial charge in [0.1, 0.15) is 52.7 Å². The minimum absolute atomic E-state index is 0.780. The fourth-order valence-electron chi connectivity index (χ4n) is 6.95. The number of halogens is 21. The van der Waals surface area contributed by atoms with Crippen LogP contribution in [-0.4, -0.2) is 6.15 Å². The van der Waals surface area contributed by atoms with E-state index in [1.165, 1.54) is 16.3 Å². The van der Waals surface area contributed by atoms with E-state index in [1.807, 2.05) is 12.1 Å². The molecule has 0 saturated carbocycles. The SMILES string of the molecule is Clc1ccc(C[n+]2ccc3ccccc3c2)cc1.Fc1c(F)c(F)c([B-](c2c(F)c(F)c(F)c(F)c2F)(c2c(F)c(F)c(F)c(F)c2F)c2c(F)c(F)c(F)c(F)c2F)c(F)c1F. The first-order chi connectivity index (χ1) is 29.5. The lowest BCUT2D eigenvalue weighted by molar-refractivity contribution is -0.687. The molecule has 63 heavy (non-hydrogen) atoms. The molecule has 0 unspecified atom stereocenters. The van der Waals surface area contributed by atoms with E-state index < -0.39 is 144 Å². The first-order valence-electron chi connectivity index (χ1n) is 16.9. The molecule has 0 aliphatic carbocycles. The first kappa shape index (κ1) is 46.2. The van der Waals surface area contributed by atoms with Gasteiger partial charge in [0.2, 0.25) is 0 Å². The Morgan fingerprint density at radius 1 is 0.333 bits per heavy atom. The zero-order valence-corrected chi connectivity index (χ0v) is 30.8. The average Bonchev–Trinajstić information content (AvgIpc) is 3.27. The average molecular weight is 934 g/mol. The van der Waals surface area contributed by atoms with Gasteiger partial charge in [-0.05, 0) is 23.6 Å². The van der Waals surface area contributed by atoms with E-state index in [0.717, 1.165) is 11.6 Å². The molecule has 6 aromatic carbocycles. The lowest BCUT2D eigenvalue weighted by atomic mass is 9.12. The minimum atomic E-state index is -7.22. The predicted octanol–water partition coefficient (Wildman–Crippen LogP) is 9.67. The summed E-state index contributed by atoms with van der Waals surface area (Å²) in [6.07, 6.45) is -2.94. The van der Waals surface area contributed by atoms with Crippen LogP contribution in [0.2, 0.25) is 5.02 Å². The molecule has 0 aliphatic heterocycles. The van der Waals surface area contributed by atoms with Gasteiger partial charge in [0.25, 0.3) is 0 Å². The monoisotopic (exact) mass is 933 g/mol. The zero-order chi connectivity index (χ0) is 46.7. The van der Waals surface area contributed by atoms with Crippen molar-refractivity contribution in [2.45, 2.75) is 6.54 Å². The molecule has 0 amide bonds. The molecule has 0 fully saturated rings. The van der Waals surface area contributed by atoms with E-state index in [9.17, 15) is 52.7 Å². The largest absolute Gasteiger partial charge is 0.207 e. The molecule has 1 aromatic heterocycles. The van der Waals surface area contributed by atoms with E-state index in [1.54, 1.807) is 0 Å². The van der Waals surface area contributed by atoms with Crippen molar-refractivity contribution in [2.24, 2.45) is 0 Å².